The van der Waals surface area contributed by atoms with E-state index >= 15 is 0 Å². The Hall–Kier alpha value is -3.48. The van der Waals surface area contributed by atoms with E-state index in [0.29, 0.717) is 22.6 Å². The summed E-state index contributed by atoms with van der Waals surface area (Å²) in [6.45, 7) is 3.59. The number of nitriles is 1. The third-order valence-electron chi connectivity index (χ3n) is 4.60. The molecular formula is C21H20N4O2. The number of aliphatic hydroxyl groups is 1. The Morgan fingerprint density at radius 1 is 1.30 bits per heavy atom. The molecule has 0 bridgehead atoms. The first-order valence-corrected chi connectivity index (χ1v) is 8.43. The molecule has 1 aliphatic rings. The first kappa shape index (κ1) is 18.3. The molecule has 2 aromatic carbocycles. The van der Waals surface area contributed by atoms with Gasteiger partial charge in [-0.05, 0) is 44.2 Å². The first-order valence-electron chi connectivity index (χ1n) is 8.43. The van der Waals surface area contributed by atoms with Crippen LogP contribution in [0.5, 0.6) is 5.75 Å². The third-order valence-corrected chi connectivity index (χ3v) is 4.60. The fraction of sp³-hybridized carbons (Fsp3) is 0.238. The van der Waals surface area contributed by atoms with Gasteiger partial charge in [-0.15, -0.1) is 11.4 Å². The molecule has 0 aliphatic carbocycles. The van der Waals surface area contributed by atoms with Crippen LogP contribution < -0.4 is 15.4 Å². The average molecular weight is 360 g/mol. The minimum Gasteiger partial charge on any atom is -0.485 e. The van der Waals surface area contributed by atoms with Crippen LogP contribution in [-0.2, 0) is 0 Å². The molecule has 0 spiro atoms. The molecule has 2 atom stereocenters. The summed E-state index contributed by atoms with van der Waals surface area (Å²) in [4.78, 5) is 5.34. The van der Waals surface area contributed by atoms with Crippen molar-refractivity contribution in [3.63, 3.8) is 0 Å². The summed E-state index contributed by atoms with van der Waals surface area (Å²) in [7, 11) is 0. The molecule has 0 fully saturated rings. The number of terminal acetylenes is 1. The number of aliphatic imine (C=N–C) groups is 1. The van der Waals surface area contributed by atoms with E-state index in [0.717, 1.165) is 0 Å². The van der Waals surface area contributed by atoms with E-state index in [1.165, 1.54) is 0 Å². The number of ether oxygens (including phenoxy) is 1. The molecule has 0 radical (unpaired) electrons. The van der Waals surface area contributed by atoms with Crippen LogP contribution in [0, 0.1) is 23.8 Å². The Kier molecular flexibility index (Phi) is 4.77. The van der Waals surface area contributed by atoms with E-state index in [2.05, 4.69) is 10.9 Å². The number of fused-ring (bicyclic) bond motifs is 1. The number of para-hydroxylation sites is 1. The SMILES string of the molecule is C#Cc1ccc2c(c1)[C@@H](N(C(N)=NC#N)c1ccccc1)[C@H](O)C(C)(C)O2. The van der Waals surface area contributed by atoms with Gasteiger partial charge in [0.05, 0.1) is 6.04 Å². The van der Waals surface area contributed by atoms with Crippen molar-refractivity contribution >= 4 is 11.6 Å². The van der Waals surface area contributed by atoms with Crippen molar-refractivity contribution in [2.45, 2.75) is 31.6 Å². The molecule has 3 N–H and O–H groups in total. The van der Waals surface area contributed by atoms with E-state index in [9.17, 15) is 5.11 Å². The van der Waals surface area contributed by atoms with Crippen LogP contribution in [-0.4, -0.2) is 22.8 Å². The lowest BCUT2D eigenvalue weighted by Crippen LogP contribution is -2.56. The summed E-state index contributed by atoms with van der Waals surface area (Å²) in [6.07, 6.45) is 6.30. The molecule has 0 saturated carbocycles. The summed E-state index contributed by atoms with van der Waals surface area (Å²) in [6, 6.07) is 13.9. The van der Waals surface area contributed by atoms with Crippen LogP contribution >= 0.6 is 0 Å². The number of hydrogen-bond acceptors (Lipinski definition) is 4. The lowest BCUT2D eigenvalue weighted by Gasteiger charge is -2.46. The largest absolute Gasteiger partial charge is 0.485 e. The van der Waals surface area contributed by atoms with Crippen LogP contribution in [0.25, 0.3) is 0 Å². The average Bonchev–Trinajstić information content (AvgIpc) is 2.66. The normalized spacial score (nSPS) is 20.6. The van der Waals surface area contributed by atoms with E-state index in [1.54, 1.807) is 43.1 Å². The number of hydrogen-bond donors (Lipinski definition) is 2. The fourth-order valence-corrected chi connectivity index (χ4v) is 3.27. The summed E-state index contributed by atoms with van der Waals surface area (Å²) in [5.41, 5.74) is 7.25. The molecule has 6 nitrogen and oxygen atoms in total. The zero-order chi connectivity index (χ0) is 19.6. The standard InChI is InChI=1S/C21H20N4O2/c1-4-14-10-11-17-16(12-14)18(19(26)21(2,3)27-17)25(20(23)24-13-22)15-8-6-5-7-9-15/h1,5-12,18-19,26H,2-3H3,(H2,23,24)/t18-,19+/m1/s1. The second kappa shape index (κ2) is 7.03. The maximum absolute atomic E-state index is 11.1. The van der Waals surface area contributed by atoms with Crippen molar-refractivity contribution in [1.29, 1.82) is 5.26 Å². The molecule has 3 rings (SSSR count). The molecule has 1 aliphatic heterocycles. The number of anilines is 1. The van der Waals surface area contributed by atoms with Gasteiger partial charge >= 0.3 is 0 Å². The maximum atomic E-state index is 11.1. The Bertz CT molecular complexity index is 954. The van der Waals surface area contributed by atoms with Gasteiger partial charge in [-0.25, -0.2) is 0 Å². The summed E-state index contributed by atoms with van der Waals surface area (Å²) < 4.78 is 6.00. The van der Waals surface area contributed by atoms with Gasteiger partial charge in [0, 0.05) is 16.8 Å². The highest BCUT2D eigenvalue weighted by Crippen LogP contribution is 2.44. The second-order valence-corrected chi connectivity index (χ2v) is 6.77. The van der Waals surface area contributed by atoms with Crippen LogP contribution in [0.3, 0.4) is 0 Å². The molecule has 1 heterocycles. The molecule has 27 heavy (non-hydrogen) atoms. The first-order chi connectivity index (χ1) is 12.9. The Labute approximate surface area is 158 Å². The van der Waals surface area contributed by atoms with Crippen molar-refractivity contribution in [2.24, 2.45) is 10.7 Å². The predicted octanol–water partition coefficient (Wildman–Crippen LogP) is 2.54. The molecule has 0 aromatic heterocycles. The summed E-state index contributed by atoms with van der Waals surface area (Å²) in [5, 5.41) is 20.2. The van der Waals surface area contributed by atoms with Gasteiger partial charge in [0.1, 0.15) is 17.5 Å². The number of guanidine groups is 1. The van der Waals surface area contributed by atoms with Gasteiger partial charge in [0.2, 0.25) is 12.2 Å². The molecule has 0 unspecified atom stereocenters. The smallest absolute Gasteiger partial charge is 0.212 e. The molecular weight excluding hydrogens is 340 g/mol. The molecule has 2 aromatic rings. The predicted molar refractivity (Wildman–Crippen MR) is 104 cm³/mol. The fourth-order valence-electron chi connectivity index (χ4n) is 3.27. The highest BCUT2D eigenvalue weighted by atomic mass is 16.5. The quantitative estimate of drug-likeness (QED) is 0.371. The van der Waals surface area contributed by atoms with Gasteiger partial charge in [-0.3, -0.25) is 0 Å². The highest BCUT2D eigenvalue weighted by molar-refractivity contribution is 5.96. The van der Waals surface area contributed by atoms with Gasteiger partial charge in [0.15, 0.2) is 0 Å². The van der Waals surface area contributed by atoms with E-state index < -0.39 is 17.7 Å². The van der Waals surface area contributed by atoms with E-state index in [-0.39, 0.29) is 5.96 Å². The van der Waals surface area contributed by atoms with Gasteiger partial charge in [-0.2, -0.15) is 5.26 Å². The summed E-state index contributed by atoms with van der Waals surface area (Å²) in [5.74, 6) is 3.17. The van der Waals surface area contributed by atoms with Crippen LogP contribution in [0.1, 0.15) is 31.0 Å². The minimum atomic E-state index is -0.967. The van der Waals surface area contributed by atoms with Crippen molar-refractivity contribution in [1.82, 2.24) is 0 Å². The number of aliphatic hydroxyl groups excluding tert-OH is 1. The van der Waals surface area contributed by atoms with Crippen LogP contribution in [0.4, 0.5) is 5.69 Å². The zero-order valence-corrected chi connectivity index (χ0v) is 15.1. The Balaban J connectivity index is 2.26. The zero-order valence-electron chi connectivity index (χ0n) is 15.1. The number of nitrogens with zero attached hydrogens (tertiary/aromatic N) is 3. The van der Waals surface area contributed by atoms with Gasteiger partial charge in [0.25, 0.3) is 0 Å². The highest BCUT2D eigenvalue weighted by Gasteiger charge is 2.46. The minimum absolute atomic E-state index is 0.0255. The van der Waals surface area contributed by atoms with Crippen molar-refractivity contribution < 1.29 is 9.84 Å². The Morgan fingerprint density at radius 3 is 2.63 bits per heavy atom. The van der Waals surface area contributed by atoms with Crippen molar-refractivity contribution in [3.8, 4) is 24.3 Å². The van der Waals surface area contributed by atoms with Gasteiger partial charge in [-0.1, -0.05) is 24.1 Å². The van der Waals surface area contributed by atoms with Crippen molar-refractivity contribution in [2.75, 3.05) is 4.90 Å². The molecule has 6 heteroatoms. The maximum Gasteiger partial charge on any atom is 0.212 e. The van der Waals surface area contributed by atoms with E-state index in [4.69, 9.17) is 22.2 Å². The second-order valence-electron chi connectivity index (χ2n) is 6.77. The van der Waals surface area contributed by atoms with E-state index in [1.807, 2.05) is 30.3 Å². The number of nitrogens with two attached hydrogens (primary N) is 1. The monoisotopic (exact) mass is 360 g/mol. The molecule has 0 saturated heterocycles. The summed E-state index contributed by atoms with van der Waals surface area (Å²) >= 11 is 0. The Morgan fingerprint density at radius 2 is 2.00 bits per heavy atom. The third kappa shape index (κ3) is 3.31. The van der Waals surface area contributed by atoms with Gasteiger partial charge < -0.3 is 20.5 Å². The van der Waals surface area contributed by atoms with Crippen LogP contribution in [0.2, 0.25) is 0 Å². The number of rotatable bonds is 2. The van der Waals surface area contributed by atoms with Crippen molar-refractivity contribution in [3.05, 3.63) is 59.7 Å². The molecule has 0 amide bonds. The lowest BCUT2D eigenvalue weighted by molar-refractivity contribution is -0.0565. The van der Waals surface area contributed by atoms with Crippen LogP contribution in [0.15, 0.2) is 53.5 Å². The molecule has 136 valence electrons. The lowest BCUT2D eigenvalue weighted by atomic mass is 9.84. The number of benzene rings is 2. The topological polar surface area (TPSA) is 94.9 Å².